The van der Waals surface area contributed by atoms with E-state index in [0.717, 1.165) is 5.01 Å². The lowest BCUT2D eigenvalue weighted by Gasteiger charge is -2.34. The number of thiazole rings is 1. The maximum Gasteiger partial charge on any atom is 0.224 e. The Hall–Kier alpha value is -1.29. The van der Waals surface area contributed by atoms with Crippen LogP contribution in [0.1, 0.15) is 23.3 Å². The van der Waals surface area contributed by atoms with Crippen molar-refractivity contribution in [1.82, 2.24) is 15.0 Å². The number of halogens is 1. The lowest BCUT2D eigenvalue weighted by Crippen LogP contribution is -2.44. The zero-order valence-corrected chi connectivity index (χ0v) is 16.6. The van der Waals surface area contributed by atoms with Gasteiger partial charge in [-0.05, 0) is 32.4 Å². The number of anilines is 1. The number of aromatic nitrogens is 3. The van der Waals surface area contributed by atoms with Gasteiger partial charge in [-0.25, -0.2) is 23.4 Å². The van der Waals surface area contributed by atoms with Crippen LogP contribution in [-0.4, -0.2) is 49.2 Å². The van der Waals surface area contributed by atoms with Crippen LogP contribution in [0, 0.1) is 13.8 Å². The summed E-state index contributed by atoms with van der Waals surface area (Å²) in [7, 11) is -3.54. The Bertz CT molecular complexity index is 885. The lowest BCUT2D eigenvalue weighted by atomic mass is 10.2. The number of nitrogens with zero attached hydrogens (tertiary/aromatic N) is 4. The summed E-state index contributed by atoms with van der Waals surface area (Å²) >= 11 is 7.22. The molecule has 0 radical (unpaired) electrons. The summed E-state index contributed by atoms with van der Waals surface area (Å²) in [4.78, 5) is 14.6. The van der Waals surface area contributed by atoms with Crippen LogP contribution in [0.4, 0.5) is 5.82 Å². The summed E-state index contributed by atoms with van der Waals surface area (Å²) < 4.78 is 31.2. The van der Waals surface area contributed by atoms with Crippen molar-refractivity contribution in [2.24, 2.45) is 0 Å². The van der Waals surface area contributed by atoms with Gasteiger partial charge < -0.3 is 9.64 Å². The summed E-state index contributed by atoms with van der Waals surface area (Å²) in [5, 5.41) is 0.762. The second-order valence-electron chi connectivity index (χ2n) is 5.97. The van der Waals surface area contributed by atoms with Crippen molar-refractivity contribution in [1.29, 1.82) is 0 Å². The third-order valence-corrected chi connectivity index (χ3v) is 7.47. The Labute approximate surface area is 156 Å². The number of rotatable bonds is 4. The van der Waals surface area contributed by atoms with E-state index in [1.54, 1.807) is 19.9 Å². The fourth-order valence-electron chi connectivity index (χ4n) is 2.80. The van der Waals surface area contributed by atoms with Crippen LogP contribution in [0.15, 0.2) is 10.3 Å². The molecule has 1 aliphatic rings. The van der Waals surface area contributed by atoms with E-state index in [1.165, 1.54) is 11.3 Å². The first-order valence-corrected chi connectivity index (χ1v) is 10.7. The summed E-state index contributed by atoms with van der Waals surface area (Å²) in [5.74, 6) is 0.391. The molecule has 0 saturated carbocycles. The first-order chi connectivity index (χ1) is 11.8. The van der Waals surface area contributed by atoms with Crippen molar-refractivity contribution < 1.29 is 13.2 Å². The Kier molecular flexibility index (Phi) is 5.29. The van der Waals surface area contributed by atoms with Crippen molar-refractivity contribution in [3.05, 3.63) is 27.7 Å². The van der Waals surface area contributed by atoms with E-state index in [0.29, 0.717) is 37.0 Å². The Balaban J connectivity index is 1.91. The van der Waals surface area contributed by atoms with E-state index in [9.17, 15) is 8.42 Å². The second kappa shape index (κ2) is 7.14. The van der Waals surface area contributed by atoms with Gasteiger partial charge in [0.15, 0.2) is 9.84 Å². The zero-order chi connectivity index (χ0) is 18.2. The third kappa shape index (κ3) is 4.11. The van der Waals surface area contributed by atoms with Crippen molar-refractivity contribution in [2.45, 2.75) is 36.8 Å². The van der Waals surface area contributed by atoms with Gasteiger partial charge >= 0.3 is 0 Å². The van der Waals surface area contributed by atoms with Gasteiger partial charge in [-0.2, -0.15) is 0 Å². The average Bonchev–Trinajstić information content (AvgIpc) is 2.86. The number of sulfone groups is 1. The lowest BCUT2D eigenvalue weighted by molar-refractivity contribution is 0.0985. The molecule has 2 aromatic rings. The second-order valence-corrected chi connectivity index (χ2v) is 9.69. The van der Waals surface area contributed by atoms with Crippen LogP contribution in [-0.2, 0) is 20.3 Å². The van der Waals surface area contributed by atoms with Crippen molar-refractivity contribution in [3.63, 3.8) is 0 Å². The third-order valence-electron chi connectivity index (χ3n) is 3.88. The molecule has 1 saturated heterocycles. The van der Waals surface area contributed by atoms with Gasteiger partial charge in [0.1, 0.15) is 10.0 Å². The highest BCUT2D eigenvalue weighted by Crippen LogP contribution is 2.27. The summed E-state index contributed by atoms with van der Waals surface area (Å²) in [6.07, 6.45) is 0. The Morgan fingerprint density at radius 3 is 2.76 bits per heavy atom. The fourth-order valence-corrected chi connectivity index (χ4v) is 5.85. The molecule has 136 valence electrons. The van der Waals surface area contributed by atoms with E-state index in [-0.39, 0.29) is 21.3 Å². The number of ether oxygens (including phenoxy) is 1. The smallest absolute Gasteiger partial charge is 0.224 e. The monoisotopic (exact) mass is 402 g/mol. The highest BCUT2D eigenvalue weighted by molar-refractivity contribution is 7.92. The number of aryl methyl sites for hydroxylation is 2. The van der Waals surface area contributed by atoms with E-state index < -0.39 is 9.84 Å². The Morgan fingerprint density at radius 2 is 2.12 bits per heavy atom. The molecule has 2 aromatic heterocycles. The SMILES string of the molecule is Cc1nc(C)c(S(=O)(=O)Cc2cc(N3CCOC[C@@H]3C)nc(Cl)n2)s1. The van der Waals surface area contributed by atoms with Gasteiger partial charge in [0.25, 0.3) is 0 Å². The van der Waals surface area contributed by atoms with Crippen LogP contribution in [0.5, 0.6) is 0 Å². The topological polar surface area (TPSA) is 85.3 Å². The summed E-state index contributed by atoms with van der Waals surface area (Å²) in [6, 6.07) is 1.82. The number of morpholine rings is 1. The highest BCUT2D eigenvalue weighted by atomic mass is 35.5. The van der Waals surface area contributed by atoms with E-state index in [4.69, 9.17) is 16.3 Å². The van der Waals surface area contributed by atoms with Gasteiger partial charge in [-0.15, -0.1) is 11.3 Å². The van der Waals surface area contributed by atoms with Gasteiger partial charge in [0.2, 0.25) is 5.28 Å². The predicted molar refractivity (Wildman–Crippen MR) is 97.1 cm³/mol. The molecular weight excluding hydrogens is 384 g/mol. The Morgan fingerprint density at radius 1 is 1.36 bits per heavy atom. The fraction of sp³-hybridized carbons (Fsp3) is 0.533. The molecule has 0 aromatic carbocycles. The zero-order valence-electron chi connectivity index (χ0n) is 14.2. The molecule has 1 aliphatic heterocycles. The van der Waals surface area contributed by atoms with E-state index in [1.807, 2.05) is 6.92 Å². The van der Waals surface area contributed by atoms with Crippen molar-refractivity contribution in [2.75, 3.05) is 24.7 Å². The van der Waals surface area contributed by atoms with Gasteiger partial charge in [0.05, 0.1) is 41.4 Å². The number of hydrogen-bond donors (Lipinski definition) is 0. The maximum absolute atomic E-state index is 12.7. The maximum atomic E-state index is 12.7. The van der Waals surface area contributed by atoms with Crippen molar-refractivity contribution >= 4 is 38.6 Å². The minimum absolute atomic E-state index is 0.0404. The molecule has 0 spiro atoms. The molecule has 1 atom stereocenters. The molecule has 7 nitrogen and oxygen atoms in total. The molecule has 1 fully saturated rings. The molecule has 10 heteroatoms. The van der Waals surface area contributed by atoms with Gasteiger partial charge in [0, 0.05) is 12.6 Å². The normalized spacial score (nSPS) is 18.6. The minimum Gasteiger partial charge on any atom is -0.377 e. The molecule has 25 heavy (non-hydrogen) atoms. The van der Waals surface area contributed by atoms with Crippen LogP contribution in [0.3, 0.4) is 0 Å². The van der Waals surface area contributed by atoms with Gasteiger partial charge in [-0.3, -0.25) is 0 Å². The quantitative estimate of drug-likeness (QED) is 0.726. The minimum atomic E-state index is -3.54. The largest absolute Gasteiger partial charge is 0.377 e. The standard InChI is InChI=1S/C15H19ClN4O3S2/c1-9-7-23-5-4-20(9)13-6-12(18-15(16)19-13)8-25(21,22)14-10(2)17-11(3)24-14/h6,9H,4-5,7-8H2,1-3H3/t9-/m0/s1. The molecule has 0 bridgehead atoms. The van der Waals surface area contributed by atoms with Crippen LogP contribution < -0.4 is 4.90 Å². The van der Waals surface area contributed by atoms with Crippen LogP contribution in [0.25, 0.3) is 0 Å². The first kappa shape index (κ1) is 18.5. The molecule has 0 aliphatic carbocycles. The van der Waals surface area contributed by atoms with Gasteiger partial charge in [-0.1, -0.05) is 0 Å². The molecule has 3 rings (SSSR count). The average molecular weight is 403 g/mol. The van der Waals surface area contributed by atoms with Crippen LogP contribution >= 0.6 is 22.9 Å². The molecule has 0 unspecified atom stereocenters. The molecule has 0 N–H and O–H groups in total. The van der Waals surface area contributed by atoms with E-state index >= 15 is 0 Å². The van der Waals surface area contributed by atoms with Crippen LogP contribution in [0.2, 0.25) is 5.28 Å². The molecular formula is C15H19ClN4O3S2. The summed E-state index contributed by atoms with van der Waals surface area (Å²) in [6.45, 7) is 7.37. The summed E-state index contributed by atoms with van der Waals surface area (Å²) in [5.41, 5.74) is 0.892. The molecule has 0 amide bonds. The highest BCUT2D eigenvalue weighted by Gasteiger charge is 2.25. The first-order valence-electron chi connectivity index (χ1n) is 7.81. The van der Waals surface area contributed by atoms with E-state index in [2.05, 4.69) is 19.9 Å². The predicted octanol–water partition coefficient (Wildman–Crippen LogP) is 2.40. The number of hydrogen-bond acceptors (Lipinski definition) is 8. The molecule has 3 heterocycles. The van der Waals surface area contributed by atoms with Crippen molar-refractivity contribution in [3.8, 4) is 0 Å².